The highest BCUT2D eigenvalue weighted by Gasteiger charge is 2.09. The zero-order valence-electron chi connectivity index (χ0n) is 9.65. The standard InChI is InChI=1S/C12H11F2N3O/c1-7-5-10(15)17-11(16-7)6-18-9-4-2-3-8(13)12(9)14/h2-5H,6H2,1H3,(H2,15,16,17). The summed E-state index contributed by atoms with van der Waals surface area (Å²) in [6.45, 7) is 1.68. The van der Waals surface area contributed by atoms with Gasteiger partial charge in [0.25, 0.3) is 0 Å². The Kier molecular flexibility index (Phi) is 3.36. The predicted molar refractivity (Wildman–Crippen MR) is 61.9 cm³/mol. The zero-order chi connectivity index (χ0) is 13.1. The molecule has 18 heavy (non-hydrogen) atoms. The molecule has 0 aliphatic heterocycles. The van der Waals surface area contributed by atoms with E-state index in [0.717, 1.165) is 6.07 Å². The molecule has 0 saturated heterocycles. The van der Waals surface area contributed by atoms with Crippen LogP contribution in [0.4, 0.5) is 14.6 Å². The number of nitrogen functional groups attached to an aromatic ring is 1. The van der Waals surface area contributed by atoms with E-state index in [1.54, 1.807) is 13.0 Å². The molecule has 2 aromatic rings. The van der Waals surface area contributed by atoms with Crippen LogP contribution in [-0.4, -0.2) is 9.97 Å². The molecule has 2 rings (SSSR count). The summed E-state index contributed by atoms with van der Waals surface area (Å²) in [4.78, 5) is 8.00. The summed E-state index contributed by atoms with van der Waals surface area (Å²) in [5.41, 5.74) is 6.22. The average Bonchev–Trinajstić information content (AvgIpc) is 2.30. The van der Waals surface area contributed by atoms with Crippen LogP contribution in [0.2, 0.25) is 0 Å². The van der Waals surface area contributed by atoms with E-state index < -0.39 is 11.6 Å². The highest BCUT2D eigenvalue weighted by molar-refractivity contribution is 5.29. The minimum absolute atomic E-state index is 0.0771. The van der Waals surface area contributed by atoms with Crippen molar-refractivity contribution in [3.05, 3.63) is 47.4 Å². The van der Waals surface area contributed by atoms with Crippen molar-refractivity contribution >= 4 is 5.82 Å². The summed E-state index contributed by atoms with van der Waals surface area (Å²) < 4.78 is 31.3. The van der Waals surface area contributed by atoms with Crippen LogP contribution in [-0.2, 0) is 6.61 Å². The summed E-state index contributed by atoms with van der Waals surface area (Å²) >= 11 is 0. The van der Waals surface area contributed by atoms with E-state index in [-0.39, 0.29) is 12.4 Å². The van der Waals surface area contributed by atoms with Crippen LogP contribution >= 0.6 is 0 Å². The summed E-state index contributed by atoms with van der Waals surface area (Å²) in [6, 6.07) is 5.31. The zero-order valence-corrected chi connectivity index (χ0v) is 9.65. The van der Waals surface area contributed by atoms with Crippen LogP contribution < -0.4 is 10.5 Å². The molecule has 2 N–H and O–H groups in total. The molecule has 94 valence electrons. The molecule has 0 amide bonds. The van der Waals surface area contributed by atoms with Gasteiger partial charge in [-0.05, 0) is 19.1 Å². The van der Waals surface area contributed by atoms with Crippen molar-refractivity contribution in [2.45, 2.75) is 13.5 Å². The topological polar surface area (TPSA) is 61.0 Å². The maximum Gasteiger partial charge on any atom is 0.200 e. The lowest BCUT2D eigenvalue weighted by Crippen LogP contribution is -2.06. The number of nitrogens with two attached hydrogens (primary N) is 1. The fourth-order valence-electron chi connectivity index (χ4n) is 1.46. The van der Waals surface area contributed by atoms with Gasteiger partial charge in [0.1, 0.15) is 12.4 Å². The molecule has 0 atom stereocenters. The van der Waals surface area contributed by atoms with Crippen molar-refractivity contribution in [1.29, 1.82) is 0 Å². The Bertz CT molecular complexity index is 555. The van der Waals surface area contributed by atoms with E-state index in [9.17, 15) is 8.78 Å². The fraction of sp³-hybridized carbons (Fsp3) is 0.167. The Hall–Kier alpha value is -2.24. The Morgan fingerprint density at radius 3 is 2.78 bits per heavy atom. The number of anilines is 1. The number of aromatic nitrogens is 2. The molecule has 0 spiro atoms. The molecular weight excluding hydrogens is 240 g/mol. The molecule has 0 radical (unpaired) electrons. The fourth-order valence-corrected chi connectivity index (χ4v) is 1.46. The highest BCUT2D eigenvalue weighted by atomic mass is 19.2. The molecule has 0 aliphatic carbocycles. The Morgan fingerprint density at radius 2 is 2.06 bits per heavy atom. The first-order valence-electron chi connectivity index (χ1n) is 5.23. The van der Waals surface area contributed by atoms with Crippen LogP contribution in [0.1, 0.15) is 11.5 Å². The van der Waals surface area contributed by atoms with Crippen LogP contribution in [0.3, 0.4) is 0 Å². The summed E-state index contributed by atoms with van der Waals surface area (Å²) in [6.07, 6.45) is 0. The van der Waals surface area contributed by atoms with Crippen LogP contribution in [0.25, 0.3) is 0 Å². The SMILES string of the molecule is Cc1cc(N)nc(COc2cccc(F)c2F)n1. The van der Waals surface area contributed by atoms with E-state index in [4.69, 9.17) is 10.5 Å². The number of rotatable bonds is 3. The Labute approximate surface area is 102 Å². The molecule has 1 heterocycles. The van der Waals surface area contributed by atoms with Gasteiger partial charge in [-0.2, -0.15) is 4.39 Å². The number of hydrogen-bond donors (Lipinski definition) is 1. The molecule has 6 heteroatoms. The van der Waals surface area contributed by atoms with Gasteiger partial charge in [0.15, 0.2) is 17.4 Å². The van der Waals surface area contributed by atoms with Gasteiger partial charge in [-0.3, -0.25) is 0 Å². The second kappa shape index (κ2) is 4.95. The third-order valence-electron chi connectivity index (χ3n) is 2.19. The summed E-state index contributed by atoms with van der Waals surface area (Å²) in [5.74, 6) is -1.55. The maximum absolute atomic E-state index is 13.3. The maximum atomic E-state index is 13.3. The molecule has 4 nitrogen and oxygen atoms in total. The number of halogens is 2. The molecule has 0 fully saturated rings. The van der Waals surface area contributed by atoms with Gasteiger partial charge in [0.05, 0.1) is 0 Å². The van der Waals surface area contributed by atoms with Gasteiger partial charge in [-0.15, -0.1) is 0 Å². The summed E-state index contributed by atoms with van der Waals surface area (Å²) in [5, 5.41) is 0. The molecule has 0 saturated carbocycles. The van der Waals surface area contributed by atoms with E-state index in [0.29, 0.717) is 17.3 Å². The third-order valence-corrected chi connectivity index (χ3v) is 2.19. The Morgan fingerprint density at radius 1 is 1.28 bits per heavy atom. The lowest BCUT2D eigenvalue weighted by molar-refractivity contribution is 0.276. The van der Waals surface area contributed by atoms with E-state index >= 15 is 0 Å². The van der Waals surface area contributed by atoms with Crippen molar-refractivity contribution < 1.29 is 13.5 Å². The van der Waals surface area contributed by atoms with Crippen molar-refractivity contribution in [3.63, 3.8) is 0 Å². The Balaban J connectivity index is 2.14. The number of nitrogens with zero attached hydrogens (tertiary/aromatic N) is 2. The number of hydrogen-bond acceptors (Lipinski definition) is 4. The second-order valence-electron chi connectivity index (χ2n) is 3.69. The monoisotopic (exact) mass is 251 g/mol. The highest BCUT2D eigenvalue weighted by Crippen LogP contribution is 2.19. The van der Waals surface area contributed by atoms with Gasteiger partial charge in [-0.25, -0.2) is 14.4 Å². The number of aryl methyl sites for hydroxylation is 1. The van der Waals surface area contributed by atoms with Crippen LogP contribution in [0.5, 0.6) is 5.75 Å². The van der Waals surface area contributed by atoms with Gasteiger partial charge in [0, 0.05) is 11.8 Å². The minimum Gasteiger partial charge on any atom is -0.482 e. The third kappa shape index (κ3) is 2.71. The molecule has 1 aromatic heterocycles. The van der Waals surface area contributed by atoms with Crippen LogP contribution in [0.15, 0.2) is 24.3 Å². The lowest BCUT2D eigenvalue weighted by atomic mass is 10.3. The van der Waals surface area contributed by atoms with Crippen molar-refractivity contribution in [3.8, 4) is 5.75 Å². The molecule has 0 unspecified atom stereocenters. The first kappa shape index (κ1) is 12.2. The van der Waals surface area contributed by atoms with Crippen LogP contribution in [0, 0.1) is 18.6 Å². The smallest absolute Gasteiger partial charge is 0.200 e. The first-order valence-corrected chi connectivity index (χ1v) is 5.23. The molecule has 0 aliphatic rings. The minimum atomic E-state index is -1.03. The van der Waals surface area contributed by atoms with Crippen molar-refractivity contribution in [2.24, 2.45) is 0 Å². The number of benzene rings is 1. The number of ether oxygens (including phenoxy) is 1. The largest absolute Gasteiger partial charge is 0.482 e. The van der Waals surface area contributed by atoms with E-state index in [1.165, 1.54) is 12.1 Å². The first-order chi connectivity index (χ1) is 8.56. The second-order valence-corrected chi connectivity index (χ2v) is 3.69. The summed E-state index contributed by atoms with van der Waals surface area (Å²) in [7, 11) is 0. The van der Waals surface area contributed by atoms with Crippen molar-refractivity contribution in [2.75, 3.05) is 5.73 Å². The normalized spacial score (nSPS) is 10.4. The quantitative estimate of drug-likeness (QED) is 0.908. The van der Waals surface area contributed by atoms with E-state index in [2.05, 4.69) is 9.97 Å². The molecule has 0 bridgehead atoms. The van der Waals surface area contributed by atoms with E-state index in [1.807, 2.05) is 0 Å². The average molecular weight is 251 g/mol. The van der Waals surface area contributed by atoms with Gasteiger partial charge >= 0.3 is 0 Å². The van der Waals surface area contributed by atoms with Crippen molar-refractivity contribution in [1.82, 2.24) is 9.97 Å². The van der Waals surface area contributed by atoms with Gasteiger partial charge in [-0.1, -0.05) is 6.07 Å². The molecular formula is C12H11F2N3O. The predicted octanol–water partition coefficient (Wildman–Crippen LogP) is 2.22. The lowest BCUT2D eigenvalue weighted by Gasteiger charge is -2.07. The van der Waals surface area contributed by atoms with Gasteiger partial charge < -0.3 is 10.5 Å². The van der Waals surface area contributed by atoms with Gasteiger partial charge in [0.2, 0.25) is 5.82 Å². The molecule has 1 aromatic carbocycles.